The molecule has 8 heteroatoms. The third-order valence-corrected chi connectivity index (χ3v) is 4.88. The summed E-state index contributed by atoms with van der Waals surface area (Å²) < 4.78 is 10.5. The van der Waals surface area contributed by atoms with Crippen LogP contribution in [0.25, 0.3) is 10.9 Å². The number of nitrogens with one attached hydrogen (secondary N) is 2. The molecular formula is C21H22ClN3O4. The second-order valence-electron chi connectivity index (χ2n) is 6.34. The summed E-state index contributed by atoms with van der Waals surface area (Å²) in [4.78, 5) is 29.3. The van der Waals surface area contributed by atoms with E-state index in [0.29, 0.717) is 28.8 Å². The summed E-state index contributed by atoms with van der Waals surface area (Å²) in [5, 5.41) is 4.07. The number of hydrogen-bond donors (Lipinski definition) is 2. The van der Waals surface area contributed by atoms with Crippen molar-refractivity contribution < 1.29 is 14.3 Å². The van der Waals surface area contributed by atoms with Crippen molar-refractivity contribution in [3.63, 3.8) is 0 Å². The third-order valence-electron chi connectivity index (χ3n) is 4.58. The lowest BCUT2D eigenvalue weighted by Crippen LogP contribution is -2.34. The monoisotopic (exact) mass is 415 g/mol. The average molecular weight is 416 g/mol. The van der Waals surface area contributed by atoms with Crippen LogP contribution >= 0.6 is 11.6 Å². The molecule has 3 aromatic rings. The first kappa shape index (κ1) is 20.5. The fourth-order valence-corrected chi connectivity index (χ4v) is 3.33. The van der Waals surface area contributed by atoms with E-state index >= 15 is 0 Å². The van der Waals surface area contributed by atoms with E-state index in [1.807, 2.05) is 31.2 Å². The molecular weight excluding hydrogens is 394 g/mol. The van der Waals surface area contributed by atoms with Gasteiger partial charge in [-0.3, -0.25) is 4.79 Å². The van der Waals surface area contributed by atoms with Gasteiger partial charge in [-0.15, -0.1) is 0 Å². The maximum Gasteiger partial charge on any atom is 0.322 e. The molecule has 7 nitrogen and oxygen atoms in total. The van der Waals surface area contributed by atoms with Crippen LogP contribution in [0.4, 0.5) is 10.5 Å². The van der Waals surface area contributed by atoms with E-state index in [-0.39, 0.29) is 18.1 Å². The summed E-state index contributed by atoms with van der Waals surface area (Å²) in [6, 6.07) is 11.9. The highest BCUT2D eigenvalue weighted by atomic mass is 35.5. The number of methoxy groups -OCH3 is 2. The Kier molecular flexibility index (Phi) is 6.29. The number of carbonyl (C=O) groups is 1. The largest absolute Gasteiger partial charge is 0.495 e. The molecule has 3 rings (SSSR count). The number of H-pyrrole nitrogens is 1. The van der Waals surface area contributed by atoms with Gasteiger partial charge in [-0.2, -0.15) is 0 Å². The third kappa shape index (κ3) is 4.46. The van der Waals surface area contributed by atoms with Crippen molar-refractivity contribution in [2.75, 3.05) is 26.1 Å². The predicted octanol–water partition coefficient (Wildman–Crippen LogP) is 4.25. The number of rotatable bonds is 6. The van der Waals surface area contributed by atoms with Gasteiger partial charge in [-0.05, 0) is 24.6 Å². The van der Waals surface area contributed by atoms with Crippen molar-refractivity contribution in [2.24, 2.45) is 0 Å². The van der Waals surface area contributed by atoms with E-state index in [9.17, 15) is 9.59 Å². The van der Waals surface area contributed by atoms with Crippen LogP contribution in [0.3, 0.4) is 0 Å². The molecule has 1 aromatic heterocycles. The van der Waals surface area contributed by atoms with Gasteiger partial charge in [-0.1, -0.05) is 29.8 Å². The number of halogens is 1. The van der Waals surface area contributed by atoms with Gasteiger partial charge >= 0.3 is 6.03 Å². The highest BCUT2D eigenvalue weighted by molar-refractivity contribution is 6.32. The molecule has 0 spiro atoms. The van der Waals surface area contributed by atoms with E-state index in [1.54, 1.807) is 17.0 Å². The lowest BCUT2D eigenvalue weighted by molar-refractivity contribution is 0.212. The van der Waals surface area contributed by atoms with Gasteiger partial charge < -0.3 is 24.7 Å². The normalized spacial score (nSPS) is 10.6. The fraction of sp³-hybridized carbons (Fsp3) is 0.238. The number of ether oxygens (including phenoxy) is 2. The molecule has 2 N–H and O–H groups in total. The van der Waals surface area contributed by atoms with Crippen LogP contribution in [-0.2, 0) is 6.54 Å². The zero-order chi connectivity index (χ0) is 21.0. The Morgan fingerprint density at radius 3 is 2.55 bits per heavy atom. The highest BCUT2D eigenvalue weighted by Gasteiger charge is 2.18. The molecule has 2 aromatic carbocycles. The Hall–Kier alpha value is -3.19. The molecule has 0 aliphatic rings. The molecule has 0 aliphatic heterocycles. The standard InChI is InChI=1S/C21H22ClN3O4/c1-4-25(12-13-9-20(26)23-16-8-6-5-7-14(13)16)21(27)24-17-10-15(22)18(28-2)11-19(17)29-3/h5-11H,4,12H2,1-3H3,(H,23,26)(H,24,27). The molecule has 0 aliphatic carbocycles. The Labute approximate surface area is 173 Å². The van der Waals surface area contributed by atoms with E-state index in [0.717, 1.165) is 16.5 Å². The summed E-state index contributed by atoms with van der Waals surface area (Å²) in [6.07, 6.45) is 0. The van der Waals surface area contributed by atoms with E-state index in [4.69, 9.17) is 21.1 Å². The predicted molar refractivity (Wildman–Crippen MR) is 114 cm³/mol. The Balaban J connectivity index is 1.88. The summed E-state index contributed by atoms with van der Waals surface area (Å²) in [5.74, 6) is 0.876. The van der Waals surface area contributed by atoms with Gasteiger partial charge in [-0.25, -0.2) is 4.79 Å². The molecule has 0 bridgehead atoms. The Morgan fingerprint density at radius 2 is 1.86 bits per heavy atom. The SMILES string of the molecule is CCN(Cc1cc(=O)[nH]c2ccccc12)C(=O)Nc1cc(Cl)c(OC)cc1OC. The number of anilines is 1. The number of nitrogens with zero attached hydrogens (tertiary/aromatic N) is 1. The minimum Gasteiger partial charge on any atom is -0.495 e. The van der Waals surface area contributed by atoms with Crippen LogP contribution in [0.1, 0.15) is 12.5 Å². The number of para-hydroxylation sites is 1. The highest BCUT2D eigenvalue weighted by Crippen LogP contribution is 2.36. The number of fused-ring (bicyclic) bond motifs is 1. The molecule has 2 amide bonds. The topological polar surface area (TPSA) is 83.7 Å². The maximum atomic E-state index is 12.9. The number of carbonyl (C=O) groups excluding carboxylic acids is 1. The quantitative estimate of drug-likeness (QED) is 0.630. The van der Waals surface area contributed by atoms with Crippen LogP contribution in [0.5, 0.6) is 11.5 Å². The van der Waals surface area contributed by atoms with Crippen LogP contribution in [0, 0.1) is 0 Å². The zero-order valence-corrected chi connectivity index (χ0v) is 17.2. The molecule has 0 saturated heterocycles. The van der Waals surface area contributed by atoms with Gasteiger partial charge in [0.15, 0.2) is 0 Å². The van der Waals surface area contributed by atoms with Crippen molar-refractivity contribution in [3.8, 4) is 11.5 Å². The fourth-order valence-electron chi connectivity index (χ4n) is 3.09. The van der Waals surface area contributed by atoms with Gasteiger partial charge in [0, 0.05) is 36.1 Å². The number of amides is 2. The summed E-state index contributed by atoms with van der Waals surface area (Å²) in [7, 11) is 3.00. The average Bonchev–Trinajstić information content (AvgIpc) is 2.71. The summed E-state index contributed by atoms with van der Waals surface area (Å²) in [5.41, 5.74) is 1.72. The molecule has 0 saturated carbocycles. The van der Waals surface area contributed by atoms with Gasteiger partial charge in [0.1, 0.15) is 11.5 Å². The van der Waals surface area contributed by atoms with E-state index < -0.39 is 0 Å². The van der Waals surface area contributed by atoms with Crippen LogP contribution in [0.15, 0.2) is 47.3 Å². The smallest absolute Gasteiger partial charge is 0.322 e. The number of aromatic amines is 1. The molecule has 1 heterocycles. The van der Waals surface area contributed by atoms with Crippen molar-refractivity contribution in [1.29, 1.82) is 0 Å². The van der Waals surface area contributed by atoms with Crippen molar-refractivity contribution in [1.82, 2.24) is 9.88 Å². The Morgan fingerprint density at radius 1 is 1.14 bits per heavy atom. The molecule has 152 valence electrons. The Bertz CT molecular complexity index is 1100. The first-order valence-electron chi connectivity index (χ1n) is 9.05. The summed E-state index contributed by atoms with van der Waals surface area (Å²) in [6.45, 7) is 2.59. The number of aromatic nitrogens is 1. The van der Waals surface area contributed by atoms with Crippen LogP contribution < -0.4 is 20.3 Å². The molecule has 29 heavy (non-hydrogen) atoms. The second kappa shape index (κ2) is 8.87. The maximum absolute atomic E-state index is 12.9. The zero-order valence-electron chi connectivity index (χ0n) is 16.4. The summed E-state index contributed by atoms with van der Waals surface area (Å²) >= 11 is 6.18. The van der Waals surface area contributed by atoms with E-state index in [2.05, 4.69) is 10.3 Å². The lowest BCUT2D eigenvalue weighted by atomic mass is 10.1. The second-order valence-corrected chi connectivity index (χ2v) is 6.74. The minimum absolute atomic E-state index is 0.209. The molecule has 0 fully saturated rings. The first-order valence-corrected chi connectivity index (χ1v) is 9.43. The van der Waals surface area contributed by atoms with Gasteiger partial charge in [0.25, 0.3) is 0 Å². The van der Waals surface area contributed by atoms with Crippen LogP contribution in [-0.4, -0.2) is 36.7 Å². The van der Waals surface area contributed by atoms with Crippen molar-refractivity contribution >= 4 is 34.2 Å². The van der Waals surface area contributed by atoms with Crippen molar-refractivity contribution in [3.05, 3.63) is 63.4 Å². The minimum atomic E-state index is -0.337. The lowest BCUT2D eigenvalue weighted by Gasteiger charge is -2.23. The number of hydrogen-bond acceptors (Lipinski definition) is 4. The molecule has 0 atom stereocenters. The van der Waals surface area contributed by atoms with Gasteiger partial charge in [0.05, 0.1) is 24.9 Å². The number of benzene rings is 2. The molecule has 0 unspecified atom stereocenters. The first-order chi connectivity index (χ1) is 14.0. The molecule has 0 radical (unpaired) electrons. The van der Waals surface area contributed by atoms with Crippen molar-refractivity contribution in [2.45, 2.75) is 13.5 Å². The van der Waals surface area contributed by atoms with E-state index in [1.165, 1.54) is 20.3 Å². The van der Waals surface area contributed by atoms with Crippen LogP contribution in [0.2, 0.25) is 5.02 Å². The number of pyridine rings is 1. The van der Waals surface area contributed by atoms with Gasteiger partial charge in [0.2, 0.25) is 5.56 Å². The number of urea groups is 1.